The number of anilines is 1. The normalized spacial score (nSPS) is 19.2. The molecule has 1 aliphatic heterocycles. The zero-order valence-electron chi connectivity index (χ0n) is 13.2. The van der Waals surface area contributed by atoms with Crippen LogP contribution in [0.15, 0.2) is 43.1 Å². The predicted octanol–water partition coefficient (Wildman–Crippen LogP) is 1.97. The molecule has 0 radical (unpaired) electrons. The van der Waals surface area contributed by atoms with Crippen molar-refractivity contribution in [2.75, 3.05) is 18.0 Å². The Morgan fingerprint density at radius 1 is 1.26 bits per heavy atom. The van der Waals surface area contributed by atoms with Crippen LogP contribution in [0.2, 0.25) is 0 Å². The van der Waals surface area contributed by atoms with Crippen molar-refractivity contribution in [3.8, 4) is 0 Å². The average Bonchev–Trinajstić information content (AvgIpc) is 2.63. The number of aromatic nitrogens is 3. The fourth-order valence-corrected chi connectivity index (χ4v) is 2.92. The number of amides is 1. The molecule has 6 heteroatoms. The quantitative estimate of drug-likeness (QED) is 0.934. The lowest BCUT2D eigenvalue weighted by Crippen LogP contribution is -2.44. The van der Waals surface area contributed by atoms with Crippen LogP contribution in [0.1, 0.15) is 31.4 Å². The van der Waals surface area contributed by atoms with E-state index < -0.39 is 0 Å². The van der Waals surface area contributed by atoms with Gasteiger partial charge in [0.15, 0.2) is 0 Å². The molecular formula is C17H21N5O. The maximum atomic E-state index is 12.6. The minimum atomic E-state index is -0.0185. The largest absolute Gasteiger partial charge is 0.355 e. The fraction of sp³-hybridized carbons (Fsp3) is 0.412. The summed E-state index contributed by atoms with van der Waals surface area (Å²) in [6.45, 7) is 3.60. The van der Waals surface area contributed by atoms with Crippen molar-refractivity contribution in [1.82, 2.24) is 20.3 Å². The number of piperidine rings is 1. The molecule has 120 valence electrons. The van der Waals surface area contributed by atoms with E-state index in [-0.39, 0.29) is 17.9 Å². The Morgan fingerprint density at radius 3 is 2.83 bits per heavy atom. The first-order chi connectivity index (χ1) is 11.2. The van der Waals surface area contributed by atoms with Crippen LogP contribution in [0.25, 0.3) is 0 Å². The van der Waals surface area contributed by atoms with E-state index in [1.54, 1.807) is 31.0 Å². The smallest absolute Gasteiger partial charge is 0.225 e. The Morgan fingerprint density at radius 2 is 2.09 bits per heavy atom. The monoisotopic (exact) mass is 311 g/mol. The van der Waals surface area contributed by atoms with Crippen molar-refractivity contribution in [1.29, 1.82) is 0 Å². The van der Waals surface area contributed by atoms with Gasteiger partial charge in [-0.3, -0.25) is 14.8 Å². The molecule has 0 saturated carbocycles. The van der Waals surface area contributed by atoms with Crippen molar-refractivity contribution < 1.29 is 4.79 Å². The van der Waals surface area contributed by atoms with E-state index in [1.807, 2.05) is 19.1 Å². The molecule has 2 unspecified atom stereocenters. The summed E-state index contributed by atoms with van der Waals surface area (Å²) in [6, 6.07) is 3.84. The standard InChI is InChI=1S/C17H21N5O/c1-13(14-4-6-18-7-5-14)21-17(23)15-3-2-10-22(12-15)16-11-19-8-9-20-16/h4-9,11,13,15H,2-3,10,12H2,1H3,(H,21,23). The number of pyridine rings is 1. The first kappa shape index (κ1) is 15.4. The van der Waals surface area contributed by atoms with E-state index in [0.717, 1.165) is 30.8 Å². The minimum absolute atomic E-state index is 0.0163. The molecule has 1 amide bonds. The van der Waals surface area contributed by atoms with Crippen molar-refractivity contribution in [2.45, 2.75) is 25.8 Å². The van der Waals surface area contributed by atoms with Gasteiger partial charge in [-0.15, -0.1) is 0 Å². The van der Waals surface area contributed by atoms with E-state index in [9.17, 15) is 4.79 Å². The summed E-state index contributed by atoms with van der Waals surface area (Å²) in [7, 11) is 0. The van der Waals surface area contributed by atoms with Gasteiger partial charge >= 0.3 is 0 Å². The number of carbonyl (C=O) groups excluding carboxylic acids is 1. The molecule has 3 heterocycles. The third-order valence-corrected chi connectivity index (χ3v) is 4.23. The summed E-state index contributed by atoms with van der Waals surface area (Å²) in [4.78, 5) is 27.2. The fourth-order valence-electron chi connectivity index (χ4n) is 2.92. The van der Waals surface area contributed by atoms with Gasteiger partial charge in [-0.1, -0.05) is 0 Å². The molecule has 6 nitrogen and oxygen atoms in total. The second-order valence-corrected chi connectivity index (χ2v) is 5.86. The molecular weight excluding hydrogens is 290 g/mol. The van der Waals surface area contributed by atoms with Crippen LogP contribution < -0.4 is 10.2 Å². The first-order valence-corrected chi connectivity index (χ1v) is 7.95. The second-order valence-electron chi connectivity index (χ2n) is 5.86. The highest BCUT2D eigenvalue weighted by Gasteiger charge is 2.27. The molecule has 2 aromatic rings. The summed E-state index contributed by atoms with van der Waals surface area (Å²) < 4.78 is 0. The van der Waals surface area contributed by atoms with Gasteiger partial charge in [0.25, 0.3) is 0 Å². The van der Waals surface area contributed by atoms with Gasteiger partial charge in [-0.2, -0.15) is 0 Å². The van der Waals surface area contributed by atoms with Crippen LogP contribution in [-0.2, 0) is 4.79 Å². The van der Waals surface area contributed by atoms with Crippen LogP contribution in [0.4, 0.5) is 5.82 Å². The molecule has 1 N–H and O–H groups in total. The third kappa shape index (κ3) is 3.83. The van der Waals surface area contributed by atoms with Crippen molar-refractivity contribution in [3.63, 3.8) is 0 Å². The van der Waals surface area contributed by atoms with Gasteiger partial charge in [0, 0.05) is 37.9 Å². The molecule has 0 bridgehead atoms. The maximum absolute atomic E-state index is 12.6. The third-order valence-electron chi connectivity index (χ3n) is 4.23. The molecule has 0 spiro atoms. The SMILES string of the molecule is CC(NC(=O)C1CCCN(c2cnccn2)C1)c1ccncc1. The van der Waals surface area contributed by atoms with Gasteiger partial charge in [-0.25, -0.2) is 4.98 Å². The Kier molecular flexibility index (Phi) is 4.80. The average molecular weight is 311 g/mol. The Balaban J connectivity index is 1.61. The number of rotatable bonds is 4. The van der Waals surface area contributed by atoms with E-state index in [2.05, 4.69) is 25.2 Å². The molecule has 3 rings (SSSR count). The first-order valence-electron chi connectivity index (χ1n) is 7.95. The minimum Gasteiger partial charge on any atom is -0.355 e. The lowest BCUT2D eigenvalue weighted by molar-refractivity contribution is -0.125. The van der Waals surface area contributed by atoms with Crippen molar-refractivity contribution in [3.05, 3.63) is 48.7 Å². The molecule has 1 fully saturated rings. The number of hydrogen-bond donors (Lipinski definition) is 1. The summed E-state index contributed by atoms with van der Waals surface area (Å²) >= 11 is 0. The van der Waals surface area contributed by atoms with Crippen LogP contribution in [0, 0.1) is 5.92 Å². The van der Waals surface area contributed by atoms with Crippen molar-refractivity contribution >= 4 is 11.7 Å². The highest BCUT2D eigenvalue weighted by atomic mass is 16.2. The van der Waals surface area contributed by atoms with Gasteiger partial charge in [0.1, 0.15) is 5.82 Å². The Labute approximate surface area is 136 Å². The second kappa shape index (κ2) is 7.17. The van der Waals surface area contributed by atoms with Gasteiger partial charge in [-0.05, 0) is 37.5 Å². The molecule has 2 atom stereocenters. The summed E-state index contributed by atoms with van der Waals surface area (Å²) in [5, 5.41) is 3.11. The zero-order chi connectivity index (χ0) is 16.1. The number of nitrogens with zero attached hydrogens (tertiary/aromatic N) is 4. The number of hydrogen-bond acceptors (Lipinski definition) is 5. The van der Waals surface area contributed by atoms with Gasteiger partial charge in [0.05, 0.1) is 18.2 Å². The Bertz CT molecular complexity index is 634. The van der Waals surface area contributed by atoms with E-state index in [4.69, 9.17) is 0 Å². The summed E-state index contributed by atoms with van der Waals surface area (Å²) in [5.74, 6) is 0.921. The number of nitrogens with one attached hydrogen (secondary N) is 1. The number of carbonyl (C=O) groups is 1. The molecule has 1 aliphatic rings. The maximum Gasteiger partial charge on any atom is 0.225 e. The van der Waals surface area contributed by atoms with Gasteiger partial charge < -0.3 is 10.2 Å². The zero-order valence-corrected chi connectivity index (χ0v) is 13.2. The predicted molar refractivity (Wildman–Crippen MR) is 87.8 cm³/mol. The lowest BCUT2D eigenvalue weighted by Gasteiger charge is -2.33. The van der Waals surface area contributed by atoms with Crippen LogP contribution >= 0.6 is 0 Å². The Hall–Kier alpha value is -2.50. The lowest BCUT2D eigenvalue weighted by atomic mass is 9.96. The van der Waals surface area contributed by atoms with Crippen LogP contribution in [-0.4, -0.2) is 33.9 Å². The van der Waals surface area contributed by atoms with E-state index in [0.29, 0.717) is 6.54 Å². The summed E-state index contributed by atoms with van der Waals surface area (Å²) in [6.07, 6.45) is 10.5. The van der Waals surface area contributed by atoms with Crippen LogP contribution in [0.5, 0.6) is 0 Å². The molecule has 2 aromatic heterocycles. The molecule has 0 aromatic carbocycles. The van der Waals surface area contributed by atoms with E-state index in [1.165, 1.54) is 0 Å². The molecule has 23 heavy (non-hydrogen) atoms. The highest BCUT2D eigenvalue weighted by molar-refractivity contribution is 5.80. The van der Waals surface area contributed by atoms with E-state index >= 15 is 0 Å². The van der Waals surface area contributed by atoms with Crippen molar-refractivity contribution in [2.24, 2.45) is 5.92 Å². The molecule has 0 aliphatic carbocycles. The molecule has 1 saturated heterocycles. The topological polar surface area (TPSA) is 71.0 Å². The highest BCUT2D eigenvalue weighted by Crippen LogP contribution is 2.22. The van der Waals surface area contributed by atoms with Gasteiger partial charge in [0.2, 0.25) is 5.91 Å². The summed E-state index contributed by atoms with van der Waals surface area (Å²) in [5.41, 5.74) is 1.06. The van der Waals surface area contributed by atoms with Crippen LogP contribution in [0.3, 0.4) is 0 Å².